The molecule has 1 fully saturated rings. The maximum Gasteiger partial charge on any atom is 0.459 e. The molecule has 2 aromatic carbocycles. The van der Waals surface area contributed by atoms with E-state index in [9.17, 15) is 29.5 Å². The van der Waals surface area contributed by atoms with E-state index in [0.717, 1.165) is 0 Å². The number of benzene rings is 2. The Kier molecular flexibility index (Phi) is 10.6. The highest BCUT2D eigenvalue weighted by atomic mass is 31.2. The fraction of sp³-hybridized carbons (Fsp3) is 0.485. The number of carbonyl (C=O) groups excluding carboxylic acids is 1. The van der Waals surface area contributed by atoms with Crippen molar-refractivity contribution in [2.75, 3.05) is 26.1 Å². The van der Waals surface area contributed by atoms with E-state index in [1.54, 1.807) is 37.3 Å². The molecule has 0 aliphatic carbocycles. The number of aliphatic hydroxyl groups is 2. The first-order chi connectivity index (χ1) is 23.8. The summed E-state index contributed by atoms with van der Waals surface area (Å²) in [7, 11) is -3.08. The number of anilines is 1. The van der Waals surface area contributed by atoms with Gasteiger partial charge in [0.05, 0.1) is 32.6 Å². The third kappa shape index (κ3) is 8.24. The molecule has 4 aromatic rings. The summed E-state index contributed by atoms with van der Waals surface area (Å²) in [4.78, 5) is 36.8. The molecule has 4 unspecified atom stereocenters. The predicted molar refractivity (Wildman–Crippen MR) is 184 cm³/mol. The second-order valence-corrected chi connectivity index (χ2v) is 15.5. The number of aromatic nitrogens is 4. The molecule has 7 atom stereocenters. The van der Waals surface area contributed by atoms with Gasteiger partial charge >= 0.3 is 19.7 Å². The van der Waals surface area contributed by atoms with Gasteiger partial charge in [-0.25, -0.2) is 9.55 Å². The molecule has 51 heavy (non-hydrogen) atoms. The quantitative estimate of drug-likeness (QED) is 0.0976. The van der Waals surface area contributed by atoms with Gasteiger partial charge in [-0.05, 0) is 54.7 Å². The summed E-state index contributed by atoms with van der Waals surface area (Å²) in [5.74, 6) is -2.32. The van der Waals surface area contributed by atoms with Crippen molar-refractivity contribution in [3.8, 4) is 11.6 Å². The van der Waals surface area contributed by atoms with Gasteiger partial charge in [0.1, 0.15) is 29.6 Å². The molecule has 1 aliphatic heterocycles. The van der Waals surface area contributed by atoms with Gasteiger partial charge in [0.15, 0.2) is 17.4 Å². The highest BCUT2D eigenvalue weighted by Crippen LogP contribution is 2.48. The van der Waals surface area contributed by atoms with Crippen LogP contribution in [-0.4, -0.2) is 91.0 Å². The Labute approximate surface area is 293 Å². The number of rotatable bonds is 13. The van der Waals surface area contributed by atoms with Gasteiger partial charge in [-0.2, -0.15) is 15.1 Å². The minimum atomic E-state index is -4.46. The van der Waals surface area contributed by atoms with Crippen molar-refractivity contribution in [2.24, 2.45) is 5.41 Å². The number of nitrogens with two attached hydrogens (primary N) is 1. The Morgan fingerprint density at radius 3 is 2.51 bits per heavy atom. The molecule has 1 aliphatic rings. The summed E-state index contributed by atoms with van der Waals surface area (Å²) in [6, 6.07) is 8.72. The maximum atomic E-state index is 14.4. The summed E-state index contributed by atoms with van der Waals surface area (Å²) < 4.78 is 44.1. The van der Waals surface area contributed by atoms with E-state index < -0.39 is 62.3 Å². The highest BCUT2D eigenvalue weighted by molar-refractivity contribution is 7.52. The van der Waals surface area contributed by atoms with Gasteiger partial charge in [-0.3, -0.25) is 18.7 Å². The van der Waals surface area contributed by atoms with Crippen LogP contribution >= 0.6 is 7.75 Å². The minimum Gasteiger partial charge on any atom is -0.481 e. The molecule has 6 N–H and O–H groups in total. The number of methoxy groups -OCH3 is 1. The van der Waals surface area contributed by atoms with Crippen molar-refractivity contribution >= 4 is 47.6 Å². The van der Waals surface area contributed by atoms with Gasteiger partial charge in [0.2, 0.25) is 11.8 Å². The fourth-order valence-corrected chi connectivity index (χ4v) is 6.91. The van der Waals surface area contributed by atoms with E-state index >= 15 is 0 Å². The lowest BCUT2D eigenvalue weighted by atomic mass is 9.96. The number of carbonyl (C=O) groups is 2. The van der Waals surface area contributed by atoms with Crippen molar-refractivity contribution in [3.05, 3.63) is 48.3 Å². The molecule has 5 rings (SSSR count). The molecule has 0 spiro atoms. The largest absolute Gasteiger partial charge is 0.481 e. The van der Waals surface area contributed by atoms with Crippen LogP contribution in [0, 0.1) is 5.41 Å². The molecule has 17 nitrogen and oxygen atoms in total. The van der Waals surface area contributed by atoms with Gasteiger partial charge in [0, 0.05) is 0 Å². The highest BCUT2D eigenvalue weighted by Gasteiger charge is 2.54. The molecule has 0 amide bonds. The molecular weight excluding hydrogens is 687 g/mol. The number of aliphatic hydroxyl groups excluding tert-OH is 1. The molecule has 0 saturated carbocycles. The number of imidazole rings is 1. The average Bonchev–Trinajstić information content (AvgIpc) is 3.57. The number of ether oxygens (including phenoxy) is 3. The number of aliphatic carboxylic acids is 1. The van der Waals surface area contributed by atoms with Crippen LogP contribution < -0.4 is 20.1 Å². The van der Waals surface area contributed by atoms with Crippen molar-refractivity contribution in [1.29, 1.82) is 0 Å². The standard InChI is InChI=1S/C33H43N6O11P/c1-17(28(41)42)19-8-9-21-13-22(11-10-20(21)12-19)50-51(45,38-18(2)29(43)47-15-32(3,4)5)48-14-23-25(40)33(6,44)30(49-23)39-16-35-24-26(39)36-31(34)37-27(24)46-7/h8-13,16-18,23,25,30,40,44H,14-15H2,1-7H3,(H,38,45)(H,41,42)(H2,34,36,37)/t17?,18?,23-,25-,30?,33-,51?/m1/s1. The van der Waals surface area contributed by atoms with E-state index in [2.05, 4.69) is 20.0 Å². The zero-order chi connectivity index (χ0) is 37.5. The Morgan fingerprint density at radius 1 is 1.16 bits per heavy atom. The molecule has 18 heteroatoms. The Bertz CT molecular complexity index is 1980. The molecule has 1 saturated heterocycles. The normalized spacial score (nSPS) is 23.1. The van der Waals surface area contributed by atoms with Crippen LogP contribution in [-0.2, 0) is 28.2 Å². The van der Waals surface area contributed by atoms with E-state index in [1.165, 1.54) is 37.9 Å². The Hall–Kier alpha value is -4.38. The molecule has 0 radical (unpaired) electrons. The number of nitrogen functional groups attached to an aromatic ring is 1. The molecule has 2 aromatic heterocycles. The summed E-state index contributed by atoms with van der Waals surface area (Å²) in [6.07, 6.45) is -2.79. The predicted octanol–water partition coefficient (Wildman–Crippen LogP) is 3.54. The Morgan fingerprint density at radius 2 is 1.84 bits per heavy atom. The van der Waals surface area contributed by atoms with Crippen LogP contribution in [0.1, 0.15) is 59.3 Å². The molecular formula is C33H43N6O11P. The topological polar surface area (TPSA) is 240 Å². The van der Waals surface area contributed by atoms with Crippen LogP contribution in [0.3, 0.4) is 0 Å². The van der Waals surface area contributed by atoms with Crippen LogP contribution in [0.4, 0.5) is 5.95 Å². The van der Waals surface area contributed by atoms with Gasteiger partial charge in [0.25, 0.3) is 0 Å². The van der Waals surface area contributed by atoms with Gasteiger partial charge < -0.3 is 39.8 Å². The van der Waals surface area contributed by atoms with Crippen LogP contribution in [0.2, 0.25) is 0 Å². The summed E-state index contributed by atoms with van der Waals surface area (Å²) in [5.41, 5.74) is 4.58. The lowest BCUT2D eigenvalue weighted by Gasteiger charge is -2.27. The molecule has 276 valence electrons. The van der Waals surface area contributed by atoms with Crippen LogP contribution in [0.15, 0.2) is 42.7 Å². The number of fused-ring (bicyclic) bond motifs is 2. The number of hydrogen-bond donors (Lipinski definition) is 5. The van der Waals surface area contributed by atoms with Crippen molar-refractivity contribution in [1.82, 2.24) is 24.6 Å². The second kappa shape index (κ2) is 14.3. The first kappa shape index (κ1) is 37.9. The number of nitrogens with zero attached hydrogens (tertiary/aromatic N) is 4. The number of carboxylic acids is 1. The smallest absolute Gasteiger partial charge is 0.459 e. The molecule has 0 bridgehead atoms. The minimum absolute atomic E-state index is 0.0950. The second-order valence-electron chi connectivity index (χ2n) is 13.8. The molecule has 3 heterocycles. The maximum absolute atomic E-state index is 14.4. The van der Waals surface area contributed by atoms with E-state index in [1.807, 2.05) is 20.8 Å². The van der Waals surface area contributed by atoms with Crippen molar-refractivity contribution in [2.45, 2.75) is 77.5 Å². The van der Waals surface area contributed by atoms with Crippen LogP contribution in [0.25, 0.3) is 21.9 Å². The van der Waals surface area contributed by atoms with Gasteiger partial charge in [-0.1, -0.05) is 45.0 Å². The zero-order valence-corrected chi connectivity index (χ0v) is 30.2. The van der Waals surface area contributed by atoms with Crippen LogP contribution in [0.5, 0.6) is 11.6 Å². The monoisotopic (exact) mass is 730 g/mol. The third-order valence-corrected chi connectivity index (χ3v) is 9.94. The number of hydrogen-bond acceptors (Lipinski definition) is 14. The number of esters is 1. The third-order valence-electron chi connectivity index (χ3n) is 8.30. The van der Waals surface area contributed by atoms with Crippen molar-refractivity contribution in [3.63, 3.8) is 0 Å². The zero-order valence-electron chi connectivity index (χ0n) is 29.3. The SMILES string of the molecule is COc1nc(N)nc2c1ncn2C1O[C@H](COP(=O)(NC(C)C(=O)OCC(C)(C)C)Oc2ccc3cc(C(C)C(=O)O)ccc3c2)[C@@H](O)[C@@]1(C)O. The summed E-state index contributed by atoms with van der Waals surface area (Å²) in [5, 5.41) is 36.0. The summed E-state index contributed by atoms with van der Waals surface area (Å²) in [6.45, 7) is 9.56. The lowest BCUT2D eigenvalue weighted by molar-refractivity contribution is -0.148. The number of nitrogens with one attached hydrogen (secondary N) is 1. The van der Waals surface area contributed by atoms with E-state index in [0.29, 0.717) is 16.3 Å². The first-order valence-electron chi connectivity index (χ1n) is 16.1. The van der Waals surface area contributed by atoms with E-state index in [4.69, 9.17) is 29.0 Å². The fourth-order valence-electron chi connectivity index (χ4n) is 5.41. The van der Waals surface area contributed by atoms with Gasteiger partial charge in [-0.15, -0.1) is 0 Å². The lowest BCUT2D eigenvalue weighted by Crippen LogP contribution is -2.44. The van der Waals surface area contributed by atoms with Crippen molar-refractivity contribution < 1.29 is 52.7 Å². The Balaban J connectivity index is 1.40. The average molecular weight is 731 g/mol. The number of carboxylic acid groups (broad SMARTS) is 1. The summed E-state index contributed by atoms with van der Waals surface area (Å²) >= 11 is 0. The van der Waals surface area contributed by atoms with E-state index in [-0.39, 0.29) is 40.8 Å². The first-order valence-corrected chi connectivity index (χ1v) is 17.6.